The highest BCUT2D eigenvalue weighted by molar-refractivity contribution is 5.36. The molecular formula is C14H24N2O. The van der Waals surface area contributed by atoms with E-state index in [0.717, 1.165) is 12.4 Å². The number of nitrogens with zero attached hydrogens (tertiary/aromatic N) is 1. The van der Waals surface area contributed by atoms with Crippen LogP contribution in [0.25, 0.3) is 0 Å². The van der Waals surface area contributed by atoms with Gasteiger partial charge in [-0.1, -0.05) is 32.6 Å². The first-order chi connectivity index (χ1) is 8.36. The summed E-state index contributed by atoms with van der Waals surface area (Å²) < 4.78 is 5.64. The first kappa shape index (κ1) is 14.0. The van der Waals surface area contributed by atoms with Gasteiger partial charge in [-0.05, 0) is 24.1 Å². The van der Waals surface area contributed by atoms with Crippen LogP contribution in [0.1, 0.15) is 44.6 Å². The fraction of sp³-hybridized carbons (Fsp3) is 0.643. The predicted octanol–water partition coefficient (Wildman–Crippen LogP) is 3.61. The molecule has 0 spiro atoms. The van der Waals surface area contributed by atoms with Crippen LogP contribution in [0, 0.1) is 0 Å². The molecule has 0 fully saturated rings. The molecule has 1 heterocycles. The topological polar surface area (TPSA) is 34.1 Å². The monoisotopic (exact) mass is 236 g/mol. The zero-order valence-corrected chi connectivity index (χ0v) is 11.0. The van der Waals surface area contributed by atoms with Gasteiger partial charge in [-0.15, -0.1) is 0 Å². The third-order valence-electron chi connectivity index (χ3n) is 2.74. The summed E-state index contributed by atoms with van der Waals surface area (Å²) in [5.74, 6) is 0.897. The lowest BCUT2D eigenvalue weighted by Crippen LogP contribution is -1.98. The Kier molecular flexibility index (Phi) is 7.39. The van der Waals surface area contributed by atoms with Crippen molar-refractivity contribution in [2.45, 2.75) is 45.6 Å². The van der Waals surface area contributed by atoms with E-state index >= 15 is 0 Å². The largest absolute Gasteiger partial charge is 0.377 e. The molecule has 1 aromatic rings. The van der Waals surface area contributed by atoms with E-state index in [9.17, 15) is 0 Å². The lowest BCUT2D eigenvalue weighted by Gasteiger charge is -2.05. The second kappa shape index (κ2) is 8.99. The van der Waals surface area contributed by atoms with Crippen molar-refractivity contribution in [3.05, 3.63) is 23.9 Å². The first-order valence-corrected chi connectivity index (χ1v) is 6.57. The summed E-state index contributed by atoms with van der Waals surface area (Å²) in [6.07, 6.45) is 8.24. The van der Waals surface area contributed by atoms with Gasteiger partial charge in [-0.2, -0.15) is 0 Å². The van der Waals surface area contributed by atoms with Crippen molar-refractivity contribution in [1.82, 2.24) is 4.98 Å². The van der Waals surface area contributed by atoms with Crippen LogP contribution >= 0.6 is 0 Å². The maximum atomic E-state index is 5.64. The van der Waals surface area contributed by atoms with Crippen molar-refractivity contribution in [2.24, 2.45) is 0 Å². The average Bonchev–Trinajstić information content (AvgIpc) is 2.38. The van der Waals surface area contributed by atoms with Crippen LogP contribution in [-0.2, 0) is 11.3 Å². The maximum Gasteiger partial charge on any atom is 0.125 e. The van der Waals surface area contributed by atoms with E-state index in [1.165, 1.54) is 37.7 Å². The molecule has 1 rings (SSSR count). The number of pyridine rings is 1. The molecule has 0 atom stereocenters. The SMILES string of the molecule is CCCCCCCOCc1ccnc(NC)c1. The van der Waals surface area contributed by atoms with Gasteiger partial charge in [0.1, 0.15) is 5.82 Å². The number of aromatic nitrogens is 1. The van der Waals surface area contributed by atoms with Gasteiger partial charge in [0.25, 0.3) is 0 Å². The second-order valence-electron chi connectivity index (χ2n) is 4.27. The molecule has 96 valence electrons. The molecule has 0 bridgehead atoms. The fourth-order valence-corrected chi connectivity index (χ4v) is 1.70. The molecule has 0 radical (unpaired) electrons. The Morgan fingerprint density at radius 1 is 1.24 bits per heavy atom. The van der Waals surface area contributed by atoms with Gasteiger partial charge in [0.15, 0.2) is 0 Å². The van der Waals surface area contributed by atoms with Gasteiger partial charge >= 0.3 is 0 Å². The van der Waals surface area contributed by atoms with Gasteiger partial charge in [0.05, 0.1) is 6.61 Å². The van der Waals surface area contributed by atoms with Crippen molar-refractivity contribution in [3.8, 4) is 0 Å². The minimum absolute atomic E-state index is 0.685. The lowest BCUT2D eigenvalue weighted by molar-refractivity contribution is 0.116. The molecule has 0 saturated heterocycles. The summed E-state index contributed by atoms with van der Waals surface area (Å²) in [5.41, 5.74) is 1.18. The standard InChI is InChI=1S/C14H24N2O/c1-3-4-5-6-7-10-17-12-13-8-9-16-14(11-13)15-2/h8-9,11H,3-7,10,12H2,1-2H3,(H,15,16). The third kappa shape index (κ3) is 6.27. The van der Waals surface area contributed by atoms with Crippen LogP contribution < -0.4 is 5.32 Å². The highest BCUT2D eigenvalue weighted by atomic mass is 16.5. The molecule has 0 aromatic carbocycles. The van der Waals surface area contributed by atoms with E-state index in [1.54, 1.807) is 0 Å². The summed E-state index contributed by atoms with van der Waals surface area (Å²) >= 11 is 0. The second-order valence-corrected chi connectivity index (χ2v) is 4.27. The number of hydrogen-bond acceptors (Lipinski definition) is 3. The van der Waals surface area contributed by atoms with Crippen molar-refractivity contribution < 1.29 is 4.74 Å². The summed E-state index contributed by atoms with van der Waals surface area (Å²) in [6.45, 7) is 3.78. The molecule has 0 aliphatic heterocycles. The zero-order chi connectivity index (χ0) is 12.3. The number of nitrogens with one attached hydrogen (secondary N) is 1. The molecule has 3 nitrogen and oxygen atoms in total. The lowest BCUT2D eigenvalue weighted by atomic mass is 10.2. The smallest absolute Gasteiger partial charge is 0.125 e. The van der Waals surface area contributed by atoms with Gasteiger partial charge in [0, 0.05) is 19.9 Å². The Morgan fingerprint density at radius 3 is 2.82 bits per heavy atom. The molecule has 1 N–H and O–H groups in total. The molecule has 17 heavy (non-hydrogen) atoms. The number of rotatable bonds is 9. The van der Waals surface area contributed by atoms with Crippen molar-refractivity contribution >= 4 is 5.82 Å². The van der Waals surface area contributed by atoms with Crippen LogP contribution in [0.5, 0.6) is 0 Å². The Labute approximate surface area is 105 Å². The fourth-order valence-electron chi connectivity index (χ4n) is 1.70. The maximum absolute atomic E-state index is 5.64. The Bertz CT molecular complexity index is 302. The van der Waals surface area contributed by atoms with E-state index in [-0.39, 0.29) is 0 Å². The van der Waals surface area contributed by atoms with Crippen LogP contribution in [0.15, 0.2) is 18.3 Å². The van der Waals surface area contributed by atoms with E-state index in [4.69, 9.17) is 4.74 Å². The minimum atomic E-state index is 0.685. The van der Waals surface area contributed by atoms with Gasteiger partial charge in [-0.3, -0.25) is 0 Å². The number of anilines is 1. The summed E-state index contributed by atoms with van der Waals surface area (Å²) in [5, 5.41) is 3.03. The first-order valence-electron chi connectivity index (χ1n) is 6.57. The predicted molar refractivity (Wildman–Crippen MR) is 72.2 cm³/mol. The zero-order valence-electron chi connectivity index (χ0n) is 11.0. The van der Waals surface area contributed by atoms with Gasteiger partial charge < -0.3 is 10.1 Å². The van der Waals surface area contributed by atoms with Crippen LogP contribution in [-0.4, -0.2) is 18.6 Å². The highest BCUT2D eigenvalue weighted by Crippen LogP contribution is 2.08. The average molecular weight is 236 g/mol. The third-order valence-corrected chi connectivity index (χ3v) is 2.74. The quantitative estimate of drug-likeness (QED) is 0.665. The van der Waals surface area contributed by atoms with Crippen molar-refractivity contribution in [2.75, 3.05) is 19.0 Å². The molecular weight excluding hydrogens is 212 g/mol. The Morgan fingerprint density at radius 2 is 2.06 bits per heavy atom. The number of hydrogen-bond donors (Lipinski definition) is 1. The summed E-state index contributed by atoms with van der Waals surface area (Å²) in [6, 6.07) is 4.02. The normalized spacial score (nSPS) is 10.5. The molecule has 0 amide bonds. The Balaban J connectivity index is 2.09. The van der Waals surface area contributed by atoms with Crippen molar-refractivity contribution in [3.63, 3.8) is 0 Å². The summed E-state index contributed by atoms with van der Waals surface area (Å²) in [7, 11) is 1.88. The molecule has 0 aliphatic rings. The molecule has 1 aromatic heterocycles. The van der Waals surface area contributed by atoms with Gasteiger partial charge in [0.2, 0.25) is 0 Å². The van der Waals surface area contributed by atoms with Crippen LogP contribution in [0.3, 0.4) is 0 Å². The van der Waals surface area contributed by atoms with Gasteiger partial charge in [-0.25, -0.2) is 4.98 Å². The van der Waals surface area contributed by atoms with Crippen molar-refractivity contribution in [1.29, 1.82) is 0 Å². The minimum Gasteiger partial charge on any atom is -0.377 e. The number of ether oxygens (including phenoxy) is 1. The van der Waals surface area contributed by atoms with E-state index in [1.807, 2.05) is 25.4 Å². The highest BCUT2D eigenvalue weighted by Gasteiger charge is 1.96. The number of unbranched alkanes of at least 4 members (excludes halogenated alkanes) is 4. The van der Waals surface area contributed by atoms with E-state index < -0.39 is 0 Å². The van der Waals surface area contributed by atoms with Crippen LogP contribution in [0.2, 0.25) is 0 Å². The Hall–Kier alpha value is -1.09. The van der Waals surface area contributed by atoms with E-state index in [2.05, 4.69) is 17.2 Å². The molecule has 0 unspecified atom stereocenters. The molecule has 0 saturated carbocycles. The summed E-state index contributed by atoms with van der Waals surface area (Å²) in [4.78, 5) is 4.17. The molecule has 3 heteroatoms. The van der Waals surface area contributed by atoms with E-state index in [0.29, 0.717) is 6.61 Å². The molecule has 0 aliphatic carbocycles. The van der Waals surface area contributed by atoms with Crippen LogP contribution in [0.4, 0.5) is 5.82 Å².